The summed E-state index contributed by atoms with van der Waals surface area (Å²) in [5.41, 5.74) is 7.81. The van der Waals surface area contributed by atoms with E-state index in [2.05, 4.69) is 0 Å². The number of thiophene rings is 1. The summed E-state index contributed by atoms with van der Waals surface area (Å²) in [4.78, 5) is 11.1. The molecule has 0 bridgehead atoms. The number of rotatable bonds is 2. The molecule has 1 aromatic heterocycles. The summed E-state index contributed by atoms with van der Waals surface area (Å²) in [6, 6.07) is 9.35. The van der Waals surface area contributed by atoms with Gasteiger partial charge in [0.2, 0.25) is 5.91 Å². The highest BCUT2D eigenvalue weighted by Crippen LogP contribution is 2.25. The minimum absolute atomic E-state index is 0.383. The predicted octanol–water partition coefficient (Wildman–Crippen LogP) is 2.51. The molecule has 0 aliphatic heterocycles. The Bertz CT molecular complexity index is 448. The van der Waals surface area contributed by atoms with Gasteiger partial charge in [0.05, 0.1) is 0 Å². The lowest BCUT2D eigenvalue weighted by molar-refractivity contribution is 0.100. The minimum Gasteiger partial charge on any atom is -0.366 e. The van der Waals surface area contributed by atoms with Crippen LogP contribution in [0.1, 0.15) is 10.4 Å². The molecular formula is C11H9NOS. The molecule has 1 aromatic carbocycles. The molecule has 2 aromatic rings. The molecule has 70 valence electrons. The SMILES string of the molecule is NC(=O)c1ccccc1-c1ccsc1. The molecule has 1 heterocycles. The van der Waals surface area contributed by atoms with Crippen LogP contribution in [0.2, 0.25) is 0 Å². The summed E-state index contributed by atoms with van der Waals surface area (Å²) in [5.74, 6) is -0.383. The number of primary amides is 1. The van der Waals surface area contributed by atoms with Gasteiger partial charge in [0.25, 0.3) is 0 Å². The maximum Gasteiger partial charge on any atom is 0.249 e. The van der Waals surface area contributed by atoms with E-state index in [4.69, 9.17) is 5.73 Å². The van der Waals surface area contributed by atoms with Gasteiger partial charge < -0.3 is 5.73 Å². The summed E-state index contributed by atoms with van der Waals surface area (Å²) in [5, 5.41) is 3.98. The first-order valence-corrected chi connectivity index (χ1v) is 5.15. The Morgan fingerprint density at radius 2 is 2.00 bits per heavy atom. The Morgan fingerprint density at radius 3 is 2.64 bits per heavy atom. The van der Waals surface area contributed by atoms with Crippen LogP contribution in [0.25, 0.3) is 11.1 Å². The van der Waals surface area contributed by atoms with E-state index in [0.717, 1.165) is 11.1 Å². The molecule has 0 unspecified atom stereocenters. The van der Waals surface area contributed by atoms with Gasteiger partial charge in [-0.05, 0) is 34.0 Å². The van der Waals surface area contributed by atoms with Crippen LogP contribution < -0.4 is 5.73 Å². The predicted molar refractivity (Wildman–Crippen MR) is 58.3 cm³/mol. The van der Waals surface area contributed by atoms with Crippen molar-refractivity contribution in [3.05, 3.63) is 46.7 Å². The van der Waals surface area contributed by atoms with Crippen molar-refractivity contribution in [3.8, 4) is 11.1 Å². The van der Waals surface area contributed by atoms with Crippen molar-refractivity contribution in [2.45, 2.75) is 0 Å². The van der Waals surface area contributed by atoms with Crippen molar-refractivity contribution in [3.63, 3.8) is 0 Å². The lowest BCUT2D eigenvalue weighted by atomic mass is 10.0. The summed E-state index contributed by atoms with van der Waals surface area (Å²) < 4.78 is 0. The average Bonchev–Trinajstić information content (AvgIpc) is 2.70. The molecule has 14 heavy (non-hydrogen) atoms. The second kappa shape index (κ2) is 3.64. The zero-order chi connectivity index (χ0) is 9.97. The lowest BCUT2D eigenvalue weighted by Crippen LogP contribution is -2.11. The highest BCUT2D eigenvalue weighted by Gasteiger charge is 2.08. The Morgan fingerprint density at radius 1 is 1.21 bits per heavy atom. The van der Waals surface area contributed by atoms with E-state index in [1.165, 1.54) is 0 Å². The molecular weight excluding hydrogens is 194 g/mol. The number of carbonyl (C=O) groups is 1. The number of amides is 1. The first-order valence-electron chi connectivity index (χ1n) is 4.20. The number of carbonyl (C=O) groups excluding carboxylic acids is 1. The summed E-state index contributed by atoms with van der Waals surface area (Å²) >= 11 is 1.60. The highest BCUT2D eigenvalue weighted by molar-refractivity contribution is 7.08. The van der Waals surface area contributed by atoms with Crippen LogP contribution in [0.5, 0.6) is 0 Å². The molecule has 1 amide bonds. The largest absolute Gasteiger partial charge is 0.366 e. The Kier molecular flexibility index (Phi) is 2.33. The zero-order valence-corrected chi connectivity index (χ0v) is 8.25. The number of benzene rings is 1. The van der Waals surface area contributed by atoms with E-state index in [1.54, 1.807) is 17.4 Å². The van der Waals surface area contributed by atoms with Crippen LogP contribution in [-0.4, -0.2) is 5.91 Å². The zero-order valence-electron chi connectivity index (χ0n) is 7.44. The quantitative estimate of drug-likeness (QED) is 0.800. The van der Waals surface area contributed by atoms with Crippen LogP contribution in [0.3, 0.4) is 0 Å². The fourth-order valence-corrected chi connectivity index (χ4v) is 2.02. The second-order valence-electron chi connectivity index (χ2n) is 2.92. The lowest BCUT2D eigenvalue weighted by Gasteiger charge is -2.03. The molecule has 2 rings (SSSR count). The number of hydrogen-bond acceptors (Lipinski definition) is 2. The fourth-order valence-electron chi connectivity index (χ4n) is 1.37. The van der Waals surface area contributed by atoms with Crippen LogP contribution in [0.4, 0.5) is 0 Å². The maximum atomic E-state index is 11.1. The minimum atomic E-state index is -0.383. The number of nitrogens with two attached hydrogens (primary N) is 1. The smallest absolute Gasteiger partial charge is 0.249 e. The standard InChI is InChI=1S/C11H9NOS/c12-11(13)10-4-2-1-3-9(10)8-5-6-14-7-8/h1-7H,(H2,12,13). The average molecular weight is 203 g/mol. The normalized spacial score (nSPS) is 10.0. The fraction of sp³-hybridized carbons (Fsp3) is 0. The number of hydrogen-bond donors (Lipinski definition) is 1. The van der Waals surface area contributed by atoms with Gasteiger partial charge in [0, 0.05) is 5.56 Å². The van der Waals surface area contributed by atoms with E-state index in [0.29, 0.717) is 5.56 Å². The van der Waals surface area contributed by atoms with Gasteiger partial charge in [0.1, 0.15) is 0 Å². The third-order valence-electron chi connectivity index (χ3n) is 2.02. The molecule has 0 aliphatic carbocycles. The Balaban J connectivity index is 2.58. The van der Waals surface area contributed by atoms with Crippen molar-refractivity contribution < 1.29 is 4.79 Å². The molecule has 2 N–H and O–H groups in total. The second-order valence-corrected chi connectivity index (χ2v) is 3.70. The summed E-state index contributed by atoms with van der Waals surface area (Å²) in [6.45, 7) is 0. The summed E-state index contributed by atoms with van der Waals surface area (Å²) in [6.07, 6.45) is 0. The van der Waals surface area contributed by atoms with E-state index >= 15 is 0 Å². The van der Waals surface area contributed by atoms with Crippen LogP contribution in [0, 0.1) is 0 Å². The van der Waals surface area contributed by atoms with Gasteiger partial charge in [-0.15, -0.1) is 0 Å². The van der Waals surface area contributed by atoms with Crippen molar-refractivity contribution >= 4 is 17.2 Å². The third-order valence-corrected chi connectivity index (χ3v) is 2.71. The van der Waals surface area contributed by atoms with Crippen LogP contribution >= 0.6 is 11.3 Å². The van der Waals surface area contributed by atoms with Gasteiger partial charge >= 0.3 is 0 Å². The monoisotopic (exact) mass is 203 g/mol. The van der Waals surface area contributed by atoms with Crippen LogP contribution in [-0.2, 0) is 0 Å². The first-order chi connectivity index (χ1) is 6.79. The van der Waals surface area contributed by atoms with E-state index in [9.17, 15) is 4.79 Å². The molecule has 0 saturated carbocycles. The molecule has 0 saturated heterocycles. The van der Waals surface area contributed by atoms with E-state index in [-0.39, 0.29) is 5.91 Å². The Hall–Kier alpha value is -1.61. The molecule has 0 atom stereocenters. The van der Waals surface area contributed by atoms with E-state index in [1.807, 2.05) is 35.0 Å². The van der Waals surface area contributed by atoms with E-state index < -0.39 is 0 Å². The van der Waals surface area contributed by atoms with Crippen molar-refractivity contribution in [2.75, 3.05) is 0 Å². The molecule has 3 heteroatoms. The highest BCUT2D eigenvalue weighted by atomic mass is 32.1. The van der Waals surface area contributed by atoms with Crippen molar-refractivity contribution in [1.82, 2.24) is 0 Å². The third kappa shape index (κ3) is 1.54. The van der Waals surface area contributed by atoms with Gasteiger partial charge in [-0.1, -0.05) is 18.2 Å². The molecule has 0 spiro atoms. The van der Waals surface area contributed by atoms with Gasteiger partial charge in [-0.2, -0.15) is 11.3 Å². The van der Waals surface area contributed by atoms with Gasteiger partial charge in [0.15, 0.2) is 0 Å². The topological polar surface area (TPSA) is 43.1 Å². The molecule has 0 aliphatic rings. The summed E-state index contributed by atoms with van der Waals surface area (Å²) in [7, 11) is 0. The molecule has 2 nitrogen and oxygen atoms in total. The molecule has 0 fully saturated rings. The van der Waals surface area contributed by atoms with Gasteiger partial charge in [-0.3, -0.25) is 4.79 Å². The maximum absolute atomic E-state index is 11.1. The van der Waals surface area contributed by atoms with Crippen LogP contribution in [0.15, 0.2) is 41.1 Å². The molecule has 0 radical (unpaired) electrons. The van der Waals surface area contributed by atoms with Crippen molar-refractivity contribution in [2.24, 2.45) is 5.73 Å². The first kappa shape index (κ1) is 8.97. The van der Waals surface area contributed by atoms with Gasteiger partial charge in [-0.25, -0.2) is 0 Å². The Labute approximate surface area is 86.0 Å². The van der Waals surface area contributed by atoms with Crippen molar-refractivity contribution in [1.29, 1.82) is 0 Å².